The lowest BCUT2D eigenvalue weighted by Gasteiger charge is -2.52. The SMILES string of the molecule is COC[C@H]1O[C@@H]2O[C@@H]3[C@@H](OC)[C@@H](OC)[C@@H](O[C@@H]4[C@@H](OC)[C@@H](OC)[C@@H](O[C@H]5[C@@H](OC)[C@@H](OC)[C@H]6O[C@H]7[C@@H](OC)[C@@H](OC)[C@@H](O[C@@H]8[C@@H](OC)[C@@H](OC)[C@@H](O[C@@H]9[C@@H](OC)[C@@H](OC)[C@@H](O[C@@H]1[C@@H](OC)[C@H]2OC)O[C@@H]9COC)O[C@@H]8COC)O[C@@H]7CP(c1ccccc1)C[C@H]5O6)O[C@@H]4COC)O[C@@H]3COC. The molecule has 1 aromatic rings. The summed E-state index contributed by atoms with van der Waals surface area (Å²) in [6.45, 7) is -0.115. The highest BCUT2D eigenvalue weighted by Crippen LogP contribution is 2.48. The Morgan fingerprint density at radius 2 is 0.426 bits per heavy atom. The van der Waals surface area contributed by atoms with Crippen molar-refractivity contribution in [2.24, 2.45) is 0 Å². The maximum atomic E-state index is 7.31. The Balaban J connectivity index is 1.09. The van der Waals surface area contributed by atoms with E-state index in [-0.39, 0.29) is 33.0 Å². The highest BCUT2D eigenvalue weighted by molar-refractivity contribution is 7.65. The maximum Gasteiger partial charge on any atom is 0.187 e. The normalized spacial score (nSPS) is 46.3. The van der Waals surface area contributed by atoms with Gasteiger partial charge in [0.1, 0.15) is 159 Å². The van der Waals surface area contributed by atoms with Gasteiger partial charge in [0.2, 0.25) is 0 Å². The van der Waals surface area contributed by atoms with Gasteiger partial charge in [0, 0.05) is 147 Å². The zero-order valence-electron chi connectivity index (χ0n) is 61.5. The van der Waals surface area contributed by atoms with E-state index in [0.29, 0.717) is 12.3 Å². The fourth-order valence-electron chi connectivity index (χ4n) is 15.9. The Hall–Kier alpha value is -1.67. The van der Waals surface area contributed by atoms with Gasteiger partial charge in [-0.1, -0.05) is 38.3 Å². The first-order valence-corrected chi connectivity index (χ1v) is 35.8. The largest absolute Gasteiger partial charge is 0.382 e. The van der Waals surface area contributed by atoms with Gasteiger partial charge in [-0.3, -0.25) is 0 Å². The van der Waals surface area contributed by atoms with E-state index in [4.69, 9.17) is 156 Å². The molecule has 1 unspecified atom stereocenters. The number of benzene rings is 1. The molecule has 582 valence electrons. The minimum absolute atomic E-state index is 0.0159. The zero-order chi connectivity index (χ0) is 72.2. The molecular weight excluding hydrogens is 1360 g/mol. The smallest absolute Gasteiger partial charge is 0.187 e. The third kappa shape index (κ3) is 17.3. The minimum Gasteiger partial charge on any atom is -0.382 e. The second kappa shape index (κ2) is 39.1. The highest BCUT2D eigenvalue weighted by atomic mass is 31.1. The molecule has 0 saturated carbocycles. The number of hydrogen-bond donors (Lipinski definition) is 0. The van der Waals surface area contributed by atoms with Crippen molar-refractivity contribution in [1.29, 1.82) is 0 Å². The van der Waals surface area contributed by atoms with Gasteiger partial charge >= 0.3 is 0 Å². The van der Waals surface area contributed by atoms with E-state index in [9.17, 15) is 0 Å². The van der Waals surface area contributed by atoms with Crippen LogP contribution in [0.3, 0.4) is 0 Å². The van der Waals surface area contributed by atoms with Crippen LogP contribution in [0.4, 0.5) is 0 Å². The minimum atomic E-state index is -1.26. The fraction of sp³-hybridized carbons (Fsp3) is 0.910. The molecule has 0 amide bonds. The van der Waals surface area contributed by atoms with Crippen LogP contribution >= 0.6 is 7.92 Å². The van der Waals surface area contributed by atoms with Crippen LogP contribution in [0.1, 0.15) is 0 Å². The Morgan fingerprint density at radius 3 is 0.624 bits per heavy atom. The summed E-state index contributed by atoms with van der Waals surface area (Å²) in [6.07, 6.45) is -33.7. The summed E-state index contributed by atoms with van der Waals surface area (Å²) in [6, 6.07) is 10.2. The summed E-state index contributed by atoms with van der Waals surface area (Å²) in [7, 11) is 28.0. The molecule has 34 heteroatoms. The summed E-state index contributed by atoms with van der Waals surface area (Å²) in [5.41, 5.74) is 0. The van der Waals surface area contributed by atoms with Crippen molar-refractivity contribution in [3.8, 4) is 0 Å². The maximum absolute atomic E-state index is 7.31. The van der Waals surface area contributed by atoms with Crippen LogP contribution in [0, 0.1) is 0 Å². The summed E-state index contributed by atoms with van der Waals surface area (Å²) >= 11 is 0. The van der Waals surface area contributed by atoms with Crippen molar-refractivity contribution < 1.29 is 156 Å². The van der Waals surface area contributed by atoms with Crippen LogP contribution in [0.2, 0.25) is 0 Å². The first kappa shape index (κ1) is 81.8. The van der Waals surface area contributed by atoms with Crippen molar-refractivity contribution in [3.05, 3.63) is 30.3 Å². The van der Waals surface area contributed by atoms with Gasteiger partial charge in [0.15, 0.2) is 44.0 Å². The topological polar surface area (TPSA) is 305 Å². The van der Waals surface area contributed by atoms with Gasteiger partial charge in [-0.25, -0.2) is 0 Å². The van der Waals surface area contributed by atoms with Crippen molar-refractivity contribution in [2.45, 2.75) is 215 Å². The average Bonchev–Trinajstić information content (AvgIpc) is 1.59. The molecule has 0 aliphatic carbocycles. The molecule has 20 saturated heterocycles. The van der Waals surface area contributed by atoms with E-state index in [1.54, 1.807) is 56.9 Å². The molecule has 20 aliphatic rings. The second-order valence-electron chi connectivity index (χ2n) is 25.8. The van der Waals surface area contributed by atoms with Crippen LogP contribution in [-0.2, 0) is 156 Å². The summed E-state index contributed by atoms with van der Waals surface area (Å²) < 4.78 is 218. The average molecular weight is 1480 g/mol. The molecule has 14 bridgehead atoms. The Morgan fingerprint density at radius 1 is 0.238 bits per heavy atom. The Labute approximate surface area is 593 Å². The lowest BCUT2D eigenvalue weighted by Crippen LogP contribution is -2.69. The number of rotatable bonds is 25. The molecular formula is C67H111O33P. The summed E-state index contributed by atoms with van der Waals surface area (Å²) in [5, 5.41) is 1.04. The molecule has 33 nitrogen and oxygen atoms in total. The molecule has 0 N–H and O–H groups in total. The fourth-order valence-corrected chi connectivity index (χ4v) is 18.5. The van der Waals surface area contributed by atoms with Crippen molar-refractivity contribution >= 4 is 13.2 Å². The van der Waals surface area contributed by atoms with Gasteiger partial charge < -0.3 is 156 Å². The molecule has 101 heavy (non-hydrogen) atoms. The van der Waals surface area contributed by atoms with Crippen LogP contribution in [0.15, 0.2) is 30.3 Å². The second-order valence-corrected chi connectivity index (χ2v) is 28.2. The van der Waals surface area contributed by atoms with Gasteiger partial charge in [0.05, 0.1) is 45.2 Å². The molecule has 0 spiro atoms. The predicted octanol–water partition coefficient (Wildman–Crippen LogP) is 0.0337. The predicted molar refractivity (Wildman–Crippen MR) is 348 cm³/mol. The molecule has 0 radical (unpaired) electrons. The van der Waals surface area contributed by atoms with Crippen LogP contribution in [0.5, 0.6) is 0 Å². The number of fused-ring (bicyclic) bond motifs is 1. The monoisotopic (exact) mass is 1470 g/mol. The first-order chi connectivity index (χ1) is 49.2. The van der Waals surface area contributed by atoms with E-state index < -0.39 is 223 Å². The molecule has 36 atom stereocenters. The van der Waals surface area contributed by atoms with E-state index >= 15 is 0 Å². The first-order valence-electron chi connectivity index (χ1n) is 34.1. The van der Waals surface area contributed by atoms with Gasteiger partial charge in [-0.2, -0.15) is 0 Å². The molecule has 20 heterocycles. The molecule has 21 rings (SSSR count). The number of hydrogen-bond acceptors (Lipinski definition) is 33. The van der Waals surface area contributed by atoms with Crippen LogP contribution in [-0.4, -0.2) is 395 Å². The van der Waals surface area contributed by atoms with E-state index in [2.05, 4.69) is 12.1 Å². The lowest BCUT2D eigenvalue weighted by atomic mass is 9.94. The van der Waals surface area contributed by atoms with E-state index in [1.807, 2.05) is 18.2 Å². The highest BCUT2D eigenvalue weighted by Gasteiger charge is 2.63. The van der Waals surface area contributed by atoms with Crippen molar-refractivity contribution in [2.75, 3.05) is 180 Å². The van der Waals surface area contributed by atoms with Gasteiger partial charge in [0.25, 0.3) is 0 Å². The summed E-state index contributed by atoms with van der Waals surface area (Å²) in [5.74, 6) is 0. The Bertz CT molecular complexity index is 2520. The van der Waals surface area contributed by atoms with Crippen molar-refractivity contribution in [1.82, 2.24) is 0 Å². The molecule has 1 aromatic carbocycles. The van der Waals surface area contributed by atoms with Crippen molar-refractivity contribution in [3.63, 3.8) is 0 Å². The molecule has 20 aliphatic heterocycles. The lowest BCUT2D eigenvalue weighted by molar-refractivity contribution is -0.402. The van der Waals surface area contributed by atoms with Crippen LogP contribution < -0.4 is 5.30 Å². The van der Waals surface area contributed by atoms with E-state index in [0.717, 1.165) is 5.30 Å². The summed E-state index contributed by atoms with van der Waals surface area (Å²) in [4.78, 5) is 0. The van der Waals surface area contributed by atoms with E-state index in [1.165, 1.54) is 78.2 Å². The third-order valence-electron chi connectivity index (χ3n) is 20.6. The quantitative estimate of drug-likeness (QED) is 0.117. The number of ether oxygens (including phenoxy) is 33. The number of methoxy groups -OCH3 is 19. The molecule has 20 fully saturated rings. The zero-order valence-corrected chi connectivity index (χ0v) is 62.4. The van der Waals surface area contributed by atoms with Gasteiger partial charge in [-0.15, -0.1) is 0 Å². The Kier molecular flexibility index (Phi) is 31.7. The standard InChI is InChI=1S/C67H111O33P/c1-68-25-33-40-47(73-6)54(80-13)61(87-33)95-41-34(26-69-2)89-63(56(82-15)48(41)74-7)97-43-36(28-71-4)91-65(58(84-17)50(43)76-9)99-45-38-30-101(32-23-21-20-22-24-32)31-39-46(100-67(93-38)60(86-19)52(45)78-11)53(79-12)59(85-18)66(92-39)98-44-37(29-72-5)90-64(57(83-16)51(44)77-10)96-42-35(27-70-3)88-62(94-40)55(81-14)49(42)75-8/h20-24,33-67H,25-31H2,1-19H3/t33-,34-,35-,36-,37-,38-,39-,40+,41+,42+,43+,44+,45-,46-,47-,48-,49-,50-,51-,52-,53-,54-,55-,56-,57-,58-,59-,60-,61-,62-,63-,64-,65-,66-,67-,101?/m1/s1. The van der Waals surface area contributed by atoms with Crippen LogP contribution in [0.25, 0.3) is 0 Å². The molecule has 0 aromatic heterocycles. The van der Waals surface area contributed by atoms with Gasteiger partial charge in [-0.05, 0) is 5.30 Å². The third-order valence-corrected chi connectivity index (χ3v) is 23.2.